The maximum Gasteiger partial charge on any atom is 0.415 e. The topological polar surface area (TPSA) is 26.3 Å². The van der Waals surface area contributed by atoms with E-state index in [2.05, 4.69) is 4.74 Å². The minimum absolute atomic E-state index is 0.515. The lowest BCUT2D eigenvalue weighted by Gasteiger charge is -2.31. The maximum absolute atomic E-state index is 14.0. The molecule has 2 heterocycles. The molecule has 2 aromatic carbocycles. The van der Waals surface area contributed by atoms with Crippen molar-refractivity contribution >= 4 is 29.5 Å². The van der Waals surface area contributed by atoms with Gasteiger partial charge in [0.25, 0.3) is 0 Å². The lowest BCUT2D eigenvalue weighted by atomic mass is 9.79. The highest BCUT2D eigenvalue weighted by Crippen LogP contribution is 2.81. The molecule has 1 atom stereocenters. The molecule has 2 aliphatic rings. The van der Waals surface area contributed by atoms with Crippen LogP contribution < -0.4 is 0 Å². The third kappa shape index (κ3) is 1.74. The molecule has 2 nitrogen and oxygen atoms in total. The molecule has 0 unspecified atom stereocenters. The summed E-state index contributed by atoms with van der Waals surface area (Å²) in [4.78, 5) is 13.7. The van der Waals surface area contributed by atoms with E-state index >= 15 is 0 Å². The molecular formula is C17H11F3O2S2. The Morgan fingerprint density at radius 1 is 1.00 bits per heavy atom. The molecule has 0 aliphatic carbocycles. The molecule has 0 saturated carbocycles. The normalized spacial score (nSPS) is 23.3. The lowest BCUT2D eigenvalue weighted by molar-refractivity contribution is -0.182. The first-order valence-corrected chi connectivity index (χ1v) is 8.74. The van der Waals surface area contributed by atoms with Gasteiger partial charge in [-0.2, -0.15) is 13.2 Å². The van der Waals surface area contributed by atoms with Gasteiger partial charge < -0.3 is 4.74 Å². The molecule has 2 aromatic rings. The number of hydrogen-bond donors (Lipinski definition) is 0. The SMILES string of the molecule is COC(=O)[C@]1(C(F)(F)F)SC12c1ccccc1Sc1ccccc12. The molecule has 2 aliphatic heterocycles. The first kappa shape index (κ1) is 15.9. The van der Waals surface area contributed by atoms with E-state index in [0.29, 0.717) is 22.9 Å². The molecule has 124 valence electrons. The zero-order valence-electron chi connectivity index (χ0n) is 12.4. The van der Waals surface area contributed by atoms with Crippen LogP contribution in [0.1, 0.15) is 11.1 Å². The van der Waals surface area contributed by atoms with Gasteiger partial charge in [-0.1, -0.05) is 48.2 Å². The molecule has 1 saturated heterocycles. The van der Waals surface area contributed by atoms with Crippen molar-refractivity contribution in [3.05, 3.63) is 59.7 Å². The van der Waals surface area contributed by atoms with Crippen molar-refractivity contribution in [2.75, 3.05) is 7.11 Å². The average Bonchev–Trinajstić information content (AvgIpc) is 3.27. The number of thioether (sulfide) groups is 1. The van der Waals surface area contributed by atoms with Gasteiger partial charge in [0.2, 0.25) is 4.75 Å². The molecule has 1 fully saturated rings. The van der Waals surface area contributed by atoms with Crippen LogP contribution in [-0.4, -0.2) is 24.0 Å². The summed E-state index contributed by atoms with van der Waals surface area (Å²) in [7, 11) is 0.998. The van der Waals surface area contributed by atoms with E-state index in [1.54, 1.807) is 48.5 Å². The standard InChI is InChI=1S/C17H11F3O2S2/c1-22-14(21)16(17(18,19)20)15(24-16)10-6-2-4-8-12(10)23-13-9-5-3-7-11(13)15/h2-9H,1H3/t16-/m0/s1. The van der Waals surface area contributed by atoms with Crippen molar-refractivity contribution in [2.24, 2.45) is 0 Å². The Morgan fingerprint density at radius 3 is 1.96 bits per heavy atom. The summed E-state index contributed by atoms with van der Waals surface area (Å²) in [6, 6.07) is 13.9. The summed E-state index contributed by atoms with van der Waals surface area (Å²) in [5, 5.41) is 0. The zero-order chi connectivity index (χ0) is 17.2. The van der Waals surface area contributed by atoms with Crippen molar-refractivity contribution < 1.29 is 22.7 Å². The smallest absolute Gasteiger partial charge is 0.415 e. The lowest BCUT2D eigenvalue weighted by Crippen LogP contribution is -2.47. The van der Waals surface area contributed by atoms with Crippen molar-refractivity contribution in [1.29, 1.82) is 0 Å². The van der Waals surface area contributed by atoms with E-state index in [1.807, 2.05) is 0 Å². The first-order valence-electron chi connectivity index (χ1n) is 7.10. The number of hydrogen-bond acceptors (Lipinski definition) is 4. The highest BCUT2D eigenvalue weighted by Gasteiger charge is 2.88. The van der Waals surface area contributed by atoms with Crippen molar-refractivity contribution in [3.8, 4) is 0 Å². The number of benzene rings is 2. The largest absolute Gasteiger partial charge is 0.468 e. The van der Waals surface area contributed by atoms with Crippen LogP contribution in [0.3, 0.4) is 0 Å². The van der Waals surface area contributed by atoms with Gasteiger partial charge in [0.05, 0.1) is 7.11 Å². The van der Waals surface area contributed by atoms with Crippen LogP contribution >= 0.6 is 23.5 Å². The number of carbonyl (C=O) groups is 1. The van der Waals surface area contributed by atoms with Crippen LogP contribution in [0.25, 0.3) is 0 Å². The fourth-order valence-electron chi connectivity index (χ4n) is 3.35. The molecule has 4 rings (SSSR count). The van der Waals surface area contributed by atoms with Gasteiger partial charge in [-0.3, -0.25) is 4.79 Å². The van der Waals surface area contributed by atoms with Gasteiger partial charge in [-0.05, 0) is 23.3 Å². The first-order chi connectivity index (χ1) is 11.4. The zero-order valence-corrected chi connectivity index (χ0v) is 14.0. The number of alkyl halides is 3. The van der Waals surface area contributed by atoms with Crippen LogP contribution in [0.15, 0.2) is 58.3 Å². The van der Waals surface area contributed by atoms with Gasteiger partial charge in [-0.15, -0.1) is 11.8 Å². The quantitative estimate of drug-likeness (QED) is 0.542. The van der Waals surface area contributed by atoms with E-state index in [1.165, 1.54) is 11.8 Å². The van der Waals surface area contributed by atoms with E-state index in [0.717, 1.165) is 16.9 Å². The van der Waals surface area contributed by atoms with Gasteiger partial charge in [0.15, 0.2) is 0 Å². The predicted molar refractivity (Wildman–Crippen MR) is 86.2 cm³/mol. The van der Waals surface area contributed by atoms with Crippen LogP contribution in [0, 0.1) is 0 Å². The highest BCUT2D eigenvalue weighted by atomic mass is 32.2. The monoisotopic (exact) mass is 368 g/mol. The molecule has 0 radical (unpaired) electrons. The van der Waals surface area contributed by atoms with E-state index in [4.69, 9.17) is 0 Å². The molecule has 0 bridgehead atoms. The Bertz CT molecular complexity index is 804. The summed E-state index contributed by atoms with van der Waals surface area (Å²) >= 11 is 2.04. The van der Waals surface area contributed by atoms with E-state index < -0.39 is 21.6 Å². The second kappa shape index (κ2) is 4.95. The summed E-state index contributed by atoms with van der Waals surface area (Å²) in [5.74, 6) is -1.25. The van der Waals surface area contributed by atoms with Crippen molar-refractivity contribution in [1.82, 2.24) is 0 Å². The number of halogens is 3. The second-order valence-corrected chi connectivity index (χ2v) is 8.06. The number of rotatable bonds is 1. The fraction of sp³-hybridized carbons (Fsp3) is 0.235. The van der Waals surface area contributed by atoms with Crippen LogP contribution in [0.5, 0.6) is 0 Å². The highest BCUT2D eigenvalue weighted by molar-refractivity contribution is 8.10. The van der Waals surface area contributed by atoms with E-state index in [9.17, 15) is 18.0 Å². The fourth-order valence-corrected chi connectivity index (χ4v) is 6.36. The van der Waals surface area contributed by atoms with E-state index in [-0.39, 0.29) is 0 Å². The Morgan fingerprint density at radius 2 is 1.50 bits per heavy atom. The molecule has 0 aromatic heterocycles. The van der Waals surface area contributed by atoms with Crippen molar-refractivity contribution in [2.45, 2.75) is 25.5 Å². The third-order valence-corrected chi connectivity index (χ3v) is 7.40. The van der Waals surface area contributed by atoms with Gasteiger partial charge >= 0.3 is 12.1 Å². The summed E-state index contributed by atoms with van der Waals surface area (Å²) in [6.07, 6.45) is -4.73. The minimum Gasteiger partial charge on any atom is -0.468 e. The molecule has 24 heavy (non-hydrogen) atoms. The summed E-state index contributed by atoms with van der Waals surface area (Å²) < 4.78 is 42.5. The summed E-state index contributed by atoms with van der Waals surface area (Å²) in [5.41, 5.74) is 1.03. The number of carbonyl (C=O) groups excluding carboxylic acids is 1. The van der Waals surface area contributed by atoms with Gasteiger partial charge in [0, 0.05) is 9.79 Å². The third-order valence-electron chi connectivity index (χ3n) is 4.38. The van der Waals surface area contributed by atoms with Crippen LogP contribution in [-0.2, 0) is 14.3 Å². The van der Waals surface area contributed by atoms with Crippen molar-refractivity contribution in [3.63, 3.8) is 0 Å². The number of ether oxygens (including phenoxy) is 1. The molecule has 1 spiro atoms. The van der Waals surface area contributed by atoms with Crippen LogP contribution in [0.4, 0.5) is 13.2 Å². The Hall–Kier alpha value is -1.60. The molecule has 0 N–H and O–H groups in total. The van der Waals surface area contributed by atoms with Crippen LogP contribution in [0.2, 0.25) is 0 Å². The number of fused-ring (bicyclic) bond motifs is 4. The predicted octanol–water partition coefficient (Wildman–Crippen LogP) is 4.62. The molecule has 7 heteroatoms. The average molecular weight is 368 g/mol. The minimum atomic E-state index is -4.73. The van der Waals surface area contributed by atoms with Gasteiger partial charge in [-0.25, -0.2) is 0 Å². The second-order valence-electron chi connectivity index (χ2n) is 5.55. The number of esters is 1. The Balaban J connectivity index is 2.04. The Kier molecular flexibility index (Phi) is 3.28. The molecular weight excluding hydrogens is 357 g/mol. The molecule has 0 amide bonds. The Labute approximate surface area is 144 Å². The number of methoxy groups -OCH3 is 1. The summed E-state index contributed by atoms with van der Waals surface area (Å²) in [6.45, 7) is 0. The van der Waals surface area contributed by atoms with Gasteiger partial charge in [0.1, 0.15) is 4.75 Å². The maximum atomic E-state index is 14.0.